The molecule has 6 nitrogen and oxygen atoms in total. The molecule has 1 fully saturated rings. The zero-order chi connectivity index (χ0) is 20.2. The number of thioether (sulfide) groups is 1. The molecule has 1 atom stereocenters. The topological polar surface area (TPSA) is 71.8 Å². The van der Waals surface area contributed by atoms with Crippen LogP contribution in [0.3, 0.4) is 0 Å². The third-order valence-electron chi connectivity index (χ3n) is 4.68. The van der Waals surface area contributed by atoms with Crippen LogP contribution in [-0.4, -0.2) is 29.6 Å². The average Bonchev–Trinajstić information content (AvgIpc) is 3.39. The minimum absolute atomic E-state index is 0.0812. The van der Waals surface area contributed by atoms with Crippen LogP contribution in [0.2, 0.25) is 0 Å². The second kappa shape index (κ2) is 8.45. The van der Waals surface area contributed by atoms with Crippen molar-refractivity contribution in [3.05, 3.63) is 83.8 Å². The molecule has 0 bridgehead atoms. The molecule has 2 aromatic carbocycles. The Hall–Kier alpha value is -3.19. The highest BCUT2D eigenvalue weighted by Gasteiger charge is 2.33. The van der Waals surface area contributed by atoms with E-state index in [1.807, 2.05) is 24.3 Å². The summed E-state index contributed by atoms with van der Waals surface area (Å²) in [4.78, 5) is 26.6. The predicted octanol–water partition coefficient (Wildman–Crippen LogP) is 4.31. The van der Waals surface area contributed by atoms with Crippen LogP contribution in [0.25, 0.3) is 0 Å². The Morgan fingerprint density at radius 1 is 1.17 bits per heavy atom. The molecule has 0 saturated carbocycles. The molecule has 148 valence electrons. The quantitative estimate of drug-likeness (QED) is 0.658. The molecule has 1 N–H and O–H groups in total. The van der Waals surface area contributed by atoms with Crippen molar-refractivity contribution >= 4 is 29.3 Å². The Balaban J connectivity index is 1.45. The summed E-state index contributed by atoms with van der Waals surface area (Å²) >= 11 is 1.58. The predicted molar refractivity (Wildman–Crippen MR) is 112 cm³/mol. The highest BCUT2D eigenvalue weighted by molar-refractivity contribution is 8.00. The summed E-state index contributed by atoms with van der Waals surface area (Å²) in [5.41, 5.74) is 2.23. The fourth-order valence-electron chi connectivity index (χ4n) is 3.15. The van der Waals surface area contributed by atoms with Crippen molar-refractivity contribution in [3.63, 3.8) is 0 Å². The van der Waals surface area contributed by atoms with Gasteiger partial charge in [-0.2, -0.15) is 0 Å². The normalized spacial score (nSPS) is 16.1. The molecular formula is C22H20N2O4S. The monoisotopic (exact) mass is 408 g/mol. The SMILES string of the molecule is COc1ccc(NC(=O)c2ccc([C@@H]3SCC(=O)N3Cc3ccco3)cc2)cc1. The fourth-order valence-corrected chi connectivity index (χ4v) is 4.34. The van der Waals surface area contributed by atoms with Crippen LogP contribution >= 0.6 is 11.8 Å². The van der Waals surface area contributed by atoms with Gasteiger partial charge in [-0.3, -0.25) is 9.59 Å². The second-order valence-corrected chi connectivity index (χ2v) is 7.64. The van der Waals surface area contributed by atoms with Crippen LogP contribution in [0.4, 0.5) is 5.69 Å². The number of hydrogen-bond donors (Lipinski definition) is 1. The lowest BCUT2D eigenvalue weighted by Gasteiger charge is -2.23. The molecule has 2 heterocycles. The van der Waals surface area contributed by atoms with Crippen molar-refractivity contribution < 1.29 is 18.7 Å². The molecule has 0 aliphatic carbocycles. The van der Waals surface area contributed by atoms with Crippen LogP contribution in [0.1, 0.15) is 27.1 Å². The Kier molecular flexibility index (Phi) is 5.57. The van der Waals surface area contributed by atoms with E-state index in [9.17, 15) is 9.59 Å². The smallest absolute Gasteiger partial charge is 0.255 e. The zero-order valence-electron chi connectivity index (χ0n) is 15.8. The largest absolute Gasteiger partial charge is 0.497 e. The van der Waals surface area contributed by atoms with Crippen LogP contribution in [0.15, 0.2) is 71.3 Å². The third-order valence-corrected chi connectivity index (χ3v) is 5.94. The maximum atomic E-state index is 12.5. The summed E-state index contributed by atoms with van der Waals surface area (Å²) in [5, 5.41) is 2.78. The Labute approximate surface area is 172 Å². The van der Waals surface area contributed by atoms with Crippen molar-refractivity contribution in [3.8, 4) is 5.75 Å². The molecule has 0 radical (unpaired) electrons. The number of carbonyl (C=O) groups excluding carboxylic acids is 2. The summed E-state index contributed by atoms with van der Waals surface area (Å²) in [6.07, 6.45) is 1.61. The number of nitrogens with one attached hydrogen (secondary N) is 1. The molecule has 2 amide bonds. The van der Waals surface area contributed by atoms with Gasteiger partial charge in [-0.1, -0.05) is 12.1 Å². The summed E-state index contributed by atoms with van der Waals surface area (Å²) in [6, 6.07) is 18.2. The summed E-state index contributed by atoms with van der Waals surface area (Å²) in [5.74, 6) is 1.81. The number of nitrogens with zero attached hydrogens (tertiary/aromatic N) is 1. The highest BCUT2D eigenvalue weighted by atomic mass is 32.2. The number of benzene rings is 2. The van der Waals surface area contributed by atoms with Gasteiger partial charge in [0, 0.05) is 11.3 Å². The molecule has 1 aromatic heterocycles. The van der Waals surface area contributed by atoms with E-state index in [-0.39, 0.29) is 17.2 Å². The first-order valence-corrected chi connectivity index (χ1v) is 10.2. The van der Waals surface area contributed by atoms with Gasteiger partial charge in [0.25, 0.3) is 5.91 Å². The molecule has 7 heteroatoms. The lowest BCUT2D eigenvalue weighted by atomic mass is 10.1. The maximum Gasteiger partial charge on any atom is 0.255 e. The number of amides is 2. The molecule has 0 spiro atoms. The van der Waals surface area contributed by atoms with Crippen molar-refractivity contribution in [1.82, 2.24) is 4.90 Å². The Morgan fingerprint density at radius 3 is 2.59 bits per heavy atom. The molecule has 29 heavy (non-hydrogen) atoms. The van der Waals surface area contributed by atoms with E-state index in [4.69, 9.17) is 9.15 Å². The Bertz CT molecular complexity index is 985. The lowest BCUT2D eigenvalue weighted by Crippen LogP contribution is -2.27. The molecule has 3 aromatic rings. The second-order valence-electron chi connectivity index (χ2n) is 6.57. The lowest BCUT2D eigenvalue weighted by molar-refractivity contribution is -0.128. The van der Waals surface area contributed by atoms with E-state index in [1.165, 1.54) is 0 Å². The standard InChI is InChI=1S/C22H20N2O4S/c1-27-18-10-8-17(9-11-18)23-21(26)15-4-6-16(7-5-15)22-24(20(25)14-29-22)13-19-3-2-12-28-19/h2-12,22H,13-14H2,1H3,(H,23,26)/t22-/m0/s1. The number of hydrogen-bond acceptors (Lipinski definition) is 5. The van der Waals surface area contributed by atoms with Gasteiger partial charge in [0.15, 0.2) is 0 Å². The van der Waals surface area contributed by atoms with E-state index >= 15 is 0 Å². The first kappa shape index (κ1) is 19.1. The minimum Gasteiger partial charge on any atom is -0.497 e. The van der Waals surface area contributed by atoms with E-state index < -0.39 is 0 Å². The third kappa shape index (κ3) is 4.30. The van der Waals surface area contributed by atoms with E-state index in [0.717, 1.165) is 17.1 Å². The van der Waals surface area contributed by atoms with Crippen molar-refractivity contribution in [1.29, 1.82) is 0 Å². The van der Waals surface area contributed by atoms with Crippen LogP contribution in [0, 0.1) is 0 Å². The van der Waals surface area contributed by atoms with Gasteiger partial charge in [-0.05, 0) is 54.1 Å². The van der Waals surface area contributed by atoms with E-state index in [1.54, 1.807) is 66.4 Å². The number of furan rings is 1. The summed E-state index contributed by atoms with van der Waals surface area (Å²) < 4.78 is 10.5. The minimum atomic E-state index is -0.190. The Morgan fingerprint density at radius 2 is 1.93 bits per heavy atom. The average molecular weight is 408 g/mol. The molecular weight excluding hydrogens is 388 g/mol. The molecule has 1 aliphatic rings. The van der Waals surface area contributed by atoms with Crippen LogP contribution < -0.4 is 10.1 Å². The van der Waals surface area contributed by atoms with Gasteiger partial charge >= 0.3 is 0 Å². The van der Waals surface area contributed by atoms with Crippen LogP contribution in [0.5, 0.6) is 5.75 Å². The first-order valence-electron chi connectivity index (χ1n) is 9.13. The number of carbonyl (C=O) groups is 2. The maximum absolute atomic E-state index is 12.5. The number of ether oxygens (including phenoxy) is 1. The van der Waals surface area contributed by atoms with E-state index in [2.05, 4.69) is 5.32 Å². The van der Waals surface area contributed by atoms with E-state index in [0.29, 0.717) is 23.5 Å². The summed E-state index contributed by atoms with van der Waals surface area (Å²) in [7, 11) is 1.60. The van der Waals surface area contributed by atoms with Crippen molar-refractivity contribution in [2.75, 3.05) is 18.2 Å². The van der Waals surface area contributed by atoms with Gasteiger partial charge in [0.05, 0.1) is 25.7 Å². The fraction of sp³-hybridized carbons (Fsp3) is 0.182. The van der Waals surface area contributed by atoms with Gasteiger partial charge in [0.2, 0.25) is 5.91 Å². The molecule has 4 rings (SSSR count). The number of rotatable bonds is 6. The van der Waals surface area contributed by atoms with Gasteiger partial charge in [-0.25, -0.2) is 0 Å². The molecule has 1 saturated heterocycles. The molecule has 0 unspecified atom stereocenters. The van der Waals surface area contributed by atoms with Gasteiger partial charge in [-0.15, -0.1) is 11.8 Å². The van der Waals surface area contributed by atoms with Gasteiger partial charge in [0.1, 0.15) is 16.9 Å². The van der Waals surface area contributed by atoms with Crippen molar-refractivity contribution in [2.24, 2.45) is 0 Å². The number of methoxy groups -OCH3 is 1. The van der Waals surface area contributed by atoms with Gasteiger partial charge < -0.3 is 19.4 Å². The molecule has 1 aliphatic heterocycles. The van der Waals surface area contributed by atoms with Crippen LogP contribution in [-0.2, 0) is 11.3 Å². The number of anilines is 1. The first-order chi connectivity index (χ1) is 14.1. The van der Waals surface area contributed by atoms with Crippen molar-refractivity contribution in [2.45, 2.75) is 11.9 Å². The zero-order valence-corrected chi connectivity index (χ0v) is 16.6. The highest BCUT2D eigenvalue weighted by Crippen LogP contribution is 2.39. The summed E-state index contributed by atoms with van der Waals surface area (Å²) in [6.45, 7) is 0.434.